The molecule has 3 unspecified atom stereocenters. The van der Waals surface area contributed by atoms with Gasteiger partial charge in [-0.1, -0.05) is 63.9 Å². The van der Waals surface area contributed by atoms with E-state index in [4.69, 9.17) is 16.3 Å². The van der Waals surface area contributed by atoms with E-state index >= 15 is 0 Å². The number of rotatable bonds is 3. The van der Waals surface area contributed by atoms with Crippen molar-refractivity contribution < 1.29 is 14.3 Å². The van der Waals surface area contributed by atoms with Gasteiger partial charge in [-0.2, -0.15) is 0 Å². The van der Waals surface area contributed by atoms with Gasteiger partial charge in [0.05, 0.1) is 12.0 Å². The highest BCUT2D eigenvalue weighted by molar-refractivity contribution is 9.10. The summed E-state index contributed by atoms with van der Waals surface area (Å²) in [6.45, 7) is 2.05. The molecule has 0 aliphatic heterocycles. The number of esters is 1. The lowest BCUT2D eigenvalue weighted by atomic mass is 9.77. The van der Waals surface area contributed by atoms with Crippen LogP contribution in [0.1, 0.15) is 40.7 Å². The van der Waals surface area contributed by atoms with Crippen LogP contribution >= 0.6 is 27.5 Å². The van der Waals surface area contributed by atoms with Crippen LogP contribution in [-0.2, 0) is 16.0 Å². The molecule has 0 amide bonds. The molecule has 0 aromatic heterocycles. The number of benzene rings is 2. The van der Waals surface area contributed by atoms with Crippen LogP contribution in [-0.4, -0.2) is 22.7 Å². The molecule has 0 N–H and O–H groups in total. The first-order chi connectivity index (χ1) is 12.5. The van der Waals surface area contributed by atoms with Gasteiger partial charge in [0, 0.05) is 16.5 Å². The smallest absolute Gasteiger partial charge is 0.324 e. The summed E-state index contributed by atoms with van der Waals surface area (Å²) in [5.74, 6) is -0.621. The number of carbonyl (C=O) groups excluding carboxylic acids is 2. The molecule has 134 valence electrons. The Morgan fingerprint density at radius 1 is 1.23 bits per heavy atom. The third-order valence-corrected chi connectivity index (χ3v) is 7.43. The van der Waals surface area contributed by atoms with Gasteiger partial charge in [0.25, 0.3) is 0 Å². The van der Waals surface area contributed by atoms with Crippen molar-refractivity contribution in [3.63, 3.8) is 0 Å². The average molecular weight is 434 g/mol. The fourth-order valence-corrected chi connectivity index (χ4v) is 5.86. The van der Waals surface area contributed by atoms with Gasteiger partial charge in [0.1, 0.15) is 4.32 Å². The van der Waals surface area contributed by atoms with Crippen LogP contribution in [0.15, 0.2) is 48.5 Å². The minimum Gasteiger partial charge on any atom is -0.465 e. The molecule has 1 fully saturated rings. The van der Waals surface area contributed by atoms with Crippen molar-refractivity contribution in [2.75, 3.05) is 6.61 Å². The lowest BCUT2D eigenvalue weighted by Crippen LogP contribution is -2.35. The predicted molar refractivity (Wildman–Crippen MR) is 104 cm³/mol. The third kappa shape index (κ3) is 2.25. The van der Waals surface area contributed by atoms with Gasteiger partial charge in [-0.25, -0.2) is 0 Å². The number of ether oxygens (including phenoxy) is 1. The van der Waals surface area contributed by atoms with Crippen molar-refractivity contribution in [1.82, 2.24) is 0 Å². The summed E-state index contributed by atoms with van der Waals surface area (Å²) in [4.78, 5) is 26.4. The molecule has 2 aromatic rings. The van der Waals surface area contributed by atoms with Crippen molar-refractivity contribution in [1.29, 1.82) is 0 Å². The maximum absolute atomic E-state index is 13.5. The van der Waals surface area contributed by atoms with Crippen molar-refractivity contribution in [3.8, 4) is 0 Å². The Kier molecular flexibility index (Phi) is 4.24. The van der Waals surface area contributed by atoms with E-state index in [1.54, 1.807) is 19.1 Å². The molecular formula is C21H18BrClO3. The molecule has 1 saturated carbocycles. The Labute approximate surface area is 165 Å². The molecule has 2 aromatic carbocycles. The number of hydrogen-bond acceptors (Lipinski definition) is 3. The summed E-state index contributed by atoms with van der Waals surface area (Å²) in [5.41, 5.74) is 1.86. The molecule has 1 spiro atoms. The Bertz CT molecular complexity index is 894. The van der Waals surface area contributed by atoms with Crippen molar-refractivity contribution in [3.05, 3.63) is 70.2 Å². The molecule has 4 rings (SSSR count). The Balaban J connectivity index is 1.84. The van der Waals surface area contributed by atoms with Crippen molar-refractivity contribution in [2.45, 2.75) is 30.0 Å². The normalized spacial score (nSPS) is 29.3. The van der Waals surface area contributed by atoms with Crippen LogP contribution in [0.3, 0.4) is 0 Å². The average Bonchev–Trinajstić information content (AvgIpc) is 3.20. The summed E-state index contributed by atoms with van der Waals surface area (Å²) < 4.78 is 4.31. The van der Waals surface area contributed by atoms with Gasteiger partial charge in [0.15, 0.2) is 5.78 Å². The van der Waals surface area contributed by atoms with Gasteiger partial charge < -0.3 is 4.74 Å². The second-order valence-corrected chi connectivity index (χ2v) is 8.56. The maximum atomic E-state index is 13.5. The van der Waals surface area contributed by atoms with Gasteiger partial charge in [0.2, 0.25) is 0 Å². The van der Waals surface area contributed by atoms with Crippen LogP contribution in [0.4, 0.5) is 0 Å². The van der Waals surface area contributed by atoms with Crippen LogP contribution in [0, 0.1) is 5.41 Å². The number of halogens is 2. The van der Waals surface area contributed by atoms with Crippen LogP contribution in [0.5, 0.6) is 0 Å². The Hall–Kier alpha value is -1.65. The Morgan fingerprint density at radius 3 is 2.62 bits per heavy atom. The number of fused-ring (bicyclic) bond motifs is 1. The fraction of sp³-hybridized carbons (Fsp3) is 0.333. The number of alkyl halides is 1. The summed E-state index contributed by atoms with van der Waals surface area (Å²) in [5, 5.41) is 0.625. The van der Waals surface area contributed by atoms with E-state index in [-0.39, 0.29) is 24.3 Å². The molecule has 26 heavy (non-hydrogen) atoms. The lowest BCUT2D eigenvalue weighted by molar-refractivity contribution is -0.143. The zero-order valence-corrected chi connectivity index (χ0v) is 16.6. The molecule has 0 radical (unpaired) electrons. The highest BCUT2D eigenvalue weighted by Gasteiger charge is 2.84. The summed E-state index contributed by atoms with van der Waals surface area (Å²) in [6, 6.07) is 15.0. The number of aryl methyl sites for hydroxylation is 1. The third-order valence-electron chi connectivity index (χ3n) is 5.69. The number of Topliss-reactive ketones (excluding diaryl/α,β-unsaturated/α-hetero) is 1. The number of ketones is 1. The first-order valence-corrected chi connectivity index (χ1v) is 9.88. The summed E-state index contributed by atoms with van der Waals surface area (Å²) >= 11 is 9.68. The quantitative estimate of drug-likeness (QED) is 0.508. The fourth-order valence-electron chi connectivity index (χ4n) is 4.47. The molecule has 0 saturated heterocycles. The van der Waals surface area contributed by atoms with Gasteiger partial charge >= 0.3 is 5.97 Å². The van der Waals surface area contributed by atoms with Gasteiger partial charge in [-0.3, -0.25) is 9.59 Å². The minimum atomic E-state index is -1.03. The van der Waals surface area contributed by atoms with Crippen LogP contribution in [0.2, 0.25) is 5.02 Å². The second kappa shape index (κ2) is 6.21. The molecule has 2 aliphatic rings. The van der Waals surface area contributed by atoms with Crippen molar-refractivity contribution in [2.24, 2.45) is 5.41 Å². The Morgan fingerprint density at radius 2 is 1.92 bits per heavy atom. The number of carbonyl (C=O) groups is 2. The topological polar surface area (TPSA) is 43.4 Å². The molecule has 0 bridgehead atoms. The first kappa shape index (κ1) is 17.7. The lowest BCUT2D eigenvalue weighted by Gasteiger charge is -2.26. The number of hydrogen-bond donors (Lipinski definition) is 0. The van der Waals surface area contributed by atoms with E-state index in [1.807, 2.05) is 36.4 Å². The monoisotopic (exact) mass is 432 g/mol. The zero-order chi connectivity index (χ0) is 18.5. The van der Waals surface area contributed by atoms with Crippen LogP contribution in [0.25, 0.3) is 0 Å². The predicted octanol–water partition coefficient (Wildman–Crippen LogP) is 4.95. The minimum absolute atomic E-state index is 0.0178. The molecule has 3 atom stereocenters. The van der Waals surface area contributed by atoms with Crippen LogP contribution < -0.4 is 0 Å². The van der Waals surface area contributed by atoms with Gasteiger partial charge in [-0.15, -0.1) is 0 Å². The highest BCUT2D eigenvalue weighted by Crippen LogP contribution is 2.77. The SMILES string of the molecule is CCOC(=O)C1(Br)C(c2ccc(Cl)cc2)C12CCc1ccccc1C2=O. The first-order valence-electron chi connectivity index (χ1n) is 8.71. The van der Waals surface area contributed by atoms with Crippen molar-refractivity contribution >= 4 is 39.3 Å². The van der Waals surface area contributed by atoms with E-state index in [2.05, 4.69) is 15.9 Å². The molecular weight excluding hydrogens is 416 g/mol. The van der Waals surface area contributed by atoms with E-state index in [1.165, 1.54) is 0 Å². The van der Waals surface area contributed by atoms with E-state index in [0.717, 1.165) is 17.5 Å². The maximum Gasteiger partial charge on any atom is 0.324 e. The summed E-state index contributed by atoms with van der Waals surface area (Å²) in [6.07, 6.45) is 1.37. The van der Waals surface area contributed by atoms with Gasteiger partial charge in [-0.05, 0) is 43.0 Å². The second-order valence-electron chi connectivity index (χ2n) is 6.87. The van der Waals surface area contributed by atoms with E-state index in [9.17, 15) is 9.59 Å². The highest BCUT2D eigenvalue weighted by atomic mass is 79.9. The summed E-state index contributed by atoms with van der Waals surface area (Å²) in [7, 11) is 0. The molecule has 2 aliphatic carbocycles. The molecule has 5 heteroatoms. The largest absolute Gasteiger partial charge is 0.465 e. The van der Waals surface area contributed by atoms with E-state index in [0.29, 0.717) is 17.0 Å². The van der Waals surface area contributed by atoms with E-state index < -0.39 is 9.74 Å². The standard InChI is InChI=1S/C21H18BrClO3/c1-2-26-19(25)21(22)17(14-7-9-15(23)10-8-14)20(21)12-11-13-5-3-4-6-16(13)18(20)24/h3-10,17H,2,11-12H2,1H3. The molecule has 3 nitrogen and oxygen atoms in total. The molecule has 0 heterocycles. The zero-order valence-electron chi connectivity index (χ0n) is 14.3.